The molecular weight excluding hydrogens is 224 g/mol. The lowest BCUT2D eigenvalue weighted by atomic mass is 10.5. The molecule has 1 aromatic heterocycles. The molecular formula is C6H4Cl3NO2. The van der Waals surface area contributed by atoms with Crippen LogP contribution in [0, 0.1) is 0 Å². The zero-order valence-electron chi connectivity index (χ0n) is 5.97. The monoisotopic (exact) mass is 227 g/mol. The molecule has 66 valence electrons. The highest BCUT2D eigenvalue weighted by atomic mass is 35.5. The van der Waals surface area contributed by atoms with E-state index in [0.29, 0.717) is 0 Å². The second-order valence-corrected chi connectivity index (χ2v) is 3.08. The van der Waals surface area contributed by atoms with Crippen molar-refractivity contribution >= 4 is 34.8 Å². The standard InChI is InChI=1S/C6H4Cl3NO2/c1-12-10-2-3(7)4(8)5(9)6(10)11/h2H,1H3. The summed E-state index contributed by atoms with van der Waals surface area (Å²) in [6, 6.07) is 0. The lowest BCUT2D eigenvalue weighted by Gasteiger charge is -2.05. The number of aromatic nitrogens is 1. The van der Waals surface area contributed by atoms with Crippen LogP contribution in [0.3, 0.4) is 0 Å². The minimum Gasteiger partial charge on any atom is -0.414 e. The summed E-state index contributed by atoms with van der Waals surface area (Å²) in [4.78, 5) is 15.8. The third-order valence-electron chi connectivity index (χ3n) is 1.22. The van der Waals surface area contributed by atoms with Crippen molar-refractivity contribution in [2.24, 2.45) is 0 Å². The van der Waals surface area contributed by atoms with Gasteiger partial charge in [0, 0.05) is 0 Å². The van der Waals surface area contributed by atoms with Gasteiger partial charge in [0.15, 0.2) is 0 Å². The molecule has 0 aliphatic heterocycles. The number of hydrogen-bond acceptors (Lipinski definition) is 2. The fraction of sp³-hybridized carbons (Fsp3) is 0.167. The predicted molar refractivity (Wildman–Crippen MR) is 48.2 cm³/mol. The highest BCUT2D eigenvalue weighted by molar-refractivity contribution is 6.47. The van der Waals surface area contributed by atoms with Crippen LogP contribution in [0.1, 0.15) is 0 Å². The normalized spacial score (nSPS) is 10.0. The number of rotatable bonds is 1. The lowest BCUT2D eigenvalue weighted by molar-refractivity contribution is 0.157. The molecule has 0 aliphatic carbocycles. The van der Waals surface area contributed by atoms with Crippen LogP contribution in [-0.2, 0) is 0 Å². The molecule has 0 N–H and O–H groups in total. The van der Waals surface area contributed by atoms with E-state index in [1.54, 1.807) is 0 Å². The van der Waals surface area contributed by atoms with Crippen molar-refractivity contribution in [1.82, 2.24) is 4.73 Å². The molecule has 12 heavy (non-hydrogen) atoms. The predicted octanol–water partition coefficient (Wildman–Crippen LogP) is 1.87. The molecule has 0 unspecified atom stereocenters. The number of pyridine rings is 1. The average molecular weight is 228 g/mol. The third-order valence-corrected chi connectivity index (χ3v) is 2.44. The second-order valence-electron chi connectivity index (χ2n) is 1.92. The van der Waals surface area contributed by atoms with E-state index in [9.17, 15) is 4.79 Å². The van der Waals surface area contributed by atoms with Crippen molar-refractivity contribution in [3.8, 4) is 0 Å². The van der Waals surface area contributed by atoms with Gasteiger partial charge in [-0.25, -0.2) is 0 Å². The van der Waals surface area contributed by atoms with Gasteiger partial charge in [-0.15, -0.1) is 0 Å². The van der Waals surface area contributed by atoms with Gasteiger partial charge in [-0.2, -0.15) is 4.73 Å². The molecule has 3 nitrogen and oxygen atoms in total. The molecule has 0 saturated heterocycles. The zero-order chi connectivity index (χ0) is 9.30. The number of halogens is 3. The topological polar surface area (TPSA) is 31.2 Å². The van der Waals surface area contributed by atoms with Gasteiger partial charge in [0.25, 0.3) is 0 Å². The van der Waals surface area contributed by atoms with E-state index < -0.39 is 5.56 Å². The van der Waals surface area contributed by atoms with Crippen molar-refractivity contribution in [1.29, 1.82) is 0 Å². The summed E-state index contributed by atoms with van der Waals surface area (Å²) < 4.78 is 0.899. The Kier molecular flexibility index (Phi) is 2.88. The summed E-state index contributed by atoms with van der Waals surface area (Å²) in [7, 11) is 1.32. The van der Waals surface area contributed by atoms with Crippen LogP contribution in [0.25, 0.3) is 0 Å². The van der Waals surface area contributed by atoms with E-state index in [1.807, 2.05) is 0 Å². The van der Waals surface area contributed by atoms with Crippen LogP contribution in [-0.4, -0.2) is 11.8 Å². The SMILES string of the molecule is COn1cc(Cl)c(Cl)c(Cl)c1=O. The Morgan fingerprint density at radius 2 is 1.92 bits per heavy atom. The minimum absolute atomic E-state index is 0.0385. The van der Waals surface area contributed by atoms with E-state index in [2.05, 4.69) is 4.84 Å². The largest absolute Gasteiger partial charge is 0.414 e. The van der Waals surface area contributed by atoms with Gasteiger partial charge in [-0.05, 0) is 0 Å². The van der Waals surface area contributed by atoms with Crippen LogP contribution in [0.4, 0.5) is 0 Å². The lowest BCUT2D eigenvalue weighted by Crippen LogP contribution is -2.24. The van der Waals surface area contributed by atoms with Crippen LogP contribution in [0.2, 0.25) is 15.1 Å². The van der Waals surface area contributed by atoms with Gasteiger partial charge in [-0.3, -0.25) is 4.79 Å². The van der Waals surface area contributed by atoms with Gasteiger partial charge >= 0.3 is 5.56 Å². The smallest absolute Gasteiger partial charge is 0.303 e. The van der Waals surface area contributed by atoms with E-state index in [4.69, 9.17) is 34.8 Å². The van der Waals surface area contributed by atoms with E-state index >= 15 is 0 Å². The van der Waals surface area contributed by atoms with Gasteiger partial charge in [-0.1, -0.05) is 34.8 Å². The van der Waals surface area contributed by atoms with E-state index in [0.717, 1.165) is 4.73 Å². The Morgan fingerprint density at radius 1 is 1.33 bits per heavy atom. The van der Waals surface area contributed by atoms with Crippen molar-refractivity contribution in [3.05, 3.63) is 31.6 Å². The zero-order valence-corrected chi connectivity index (χ0v) is 8.24. The molecule has 1 rings (SSSR count). The Labute approximate surface area is 83.4 Å². The molecule has 0 aromatic carbocycles. The van der Waals surface area contributed by atoms with Crippen molar-refractivity contribution in [3.63, 3.8) is 0 Å². The second kappa shape index (κ2) is 3.56. The Bertz CT molecular complexity index is 361. The quantitative estimate of drug-likeness (QED) is 0.735. The number of nitrogens with zero attached hydrogens (tertiary/aromatic N) is 1. The third kappa shape index (κ3) is 1.53. The highest BCUT2D eigenvalue weighted by Gasteiger charge is 2.10. The summed E-state index contributed by atoms with van der Waals surface area (Å²) >= 11 is 16.7. The van der Waals surface area contributed by atoms with E-state index in [-0.39, 0.29) is 15.1 Å². The van der Waals surface area contributed by atoms with Gasteiger partial charge in [0.2, 0.25) is 0 Å². The molecule has 0 saturated carbocycles. The fourth-order valence-electron chi connectivity index (χ4n) is 0.649. The molecule has 0 fully saturated rings. The first-order chi connectivity index (χ1) is 5.57. The molecule has 0 radical (unpaired) electrons. The summed E-state index contributed by atoms with van der Waals surface area (Å²) in [6.45, 7) is 0. The Balaban J connectivity index is 3.50. The molecule has 0 bridgehead atoms. The number of hydrogen-bond donors (Lipinski definition) is 0. The van der Waals surface area contributed by atoms with Crippen molar-refractivity contribution < 1.29 is 4.84 Å². The summed E-state index contributed by atoms with van der Waals surface area (Å²) in [5.74, 6) is 0. The summed E-state index contributed by atoms with van der Waals surface area (Å²) in [6.07, 6.45) is 1.25. The van der Waals surface area contributed by atoms with Crippen LogP contribution < -0.4 is 10.4 Å². The van der Waals surface area contributed by atoms with Gasteiger partial charge in [0.05, 0.1) is 16.2 Å². The molecule has 6 heteroatoms. The summed E-state index contributed by atoms with van der Waals surface area (Å²) in [5.41, 5.74) is -0.534. The molecule has 1 heterocycles. The first kappa shape index (κ1) is 9.71. The Morgan fingerprint density at radius 3 is 2.42 bits per heavy atom. The maximum Gasteiger partial charge on any atom is 0.303 e. The minimum atomic E-state index is -0.534. The first-order valence-corrected chi connectivity index (χ1v) is 4.02. The molecule has 0 atom stereocenters. The van der Waals surface area contributed by atoms with Gasteiger partial charge < -0.3 is 4.84 Å². The van der Waals surface area contributed by atoms with Crippen LogP contribution in [0.5, 0.6) is 0 Å². The first-order valence-electron chi connectivity index (χ1n) is 2.88. The fourth-order valence-corrected chi connectivity index (χ4v) is 1.20. The maximum atomic E-state index is 11.1. The van der Waals surface area contributed by atoms with Crippen molar-refractivity contribution in [2.75, 3.05) is 7.11 Å². The van der Waals surface area contributed by atoms with Crippen molar-refractivity contribution in [2.45, 2.75) is 0 Å². The Hall–Kier alpha value is -0.380. The van der Waals surface area contributed by atoms with Crippen LogP contribution in [0.15, 0.2) is 11.0 Å². The molecule has 0 amide bonds. The average Bonchev–Trinajstić information content (AvgIpc) is 2.08. The maximum absolute atomic E-state index is 11.1. The molecule has 0 aliphatic rings. The van der Waals surface area contributed by atoms with Crippen LogP contribution >= 0.6 is 34.8 Å². The van der Waals surface area contributed by atoms with E-state index in [1.165, 1.54) is 13.3 Å². The highest BCUT2D eigenvalue weighted by Crippen LogP contribution is 2.25. The summed E-state index contributed by atoms with van der Waals surface area (Å²) in [5, 5.41) is 0.0609. The molecule has 1 aromatic rings. The molecule has 0 spiro atoms. The van der Waals surface area contributed by atoms with Gasteiger partial charge in [0.1, 0.15) is 12.1 Å².